The summed E-state index contributed by atoms with van der Waals surface area (Å²) in [7, 11) is 3.31. The van der Waals surface area contributed by atoms with Crippen LogP contribution in [0.2, 0.25) is 0 Å². The zero-order valence-electron chi connectivity index (χ0n) is 11.3. The Labute approximate surface area is 115 Å². The first-order chi connectivity index (χ1) is 9.72. The summed E-state index contributed by atoms with van der Waals surface area (Å²) in [5.41, 5.74) is 0.970. The molecule has 0 unspecified atom stereocenters. The molecule has 8 heteroatoms. The van der Waals surface area contributed by atoms with Crippen molar-refractivity contribution < 1.29 is 13.9 Å². The molecule has 7 nitrogen and oxygen atoms in total. The van der Waals surface area contributed by atoms with Gasteiger partial charge in [-0.1, -0.05) is 0 Å². The Bertz CT molecular complexity index is 617. The maximum atomic E-state index is 13.5. The van der Waals surface area contributed by atoms with Crippen molar-refractivity contribution in [3.05, 3.63) is 12.4 Å². The predicted molar refractivity (Wildman–Crippen MR) is 69.8 cm³/mol. The molecule has 3 heterocycles. The van der Waals surface area contributed by atoms with E-state index in [0.29, 0.717) is 23.6 Å². The summed E-state index contributed by atoms with van der Waals surface area (Å²) < 4.78 is 26.2. The van der Waals surface area contributed by atoms with Gasteiger partial charge in [0.1, 0.15) is 6.23 Å². The van der Waals surface area contributed by atoms with Gasteiger partial charge in [-0.05, 0) is 12.8 Å². The molecule has 0 aromatic carbocycles. The summed E-state index contributed by atoms with van der Waals surface area (Å²) >= 11 is 0. The van der Waals surface area contributed by atoms with E-state index in [9.17, 15) is 4.39 Å². The fraction of sp³-hybridized carbons (Fsp3) is 0.583. The minimum absolute atomic E-state index is 0.0536. The van der Waals surface area contributed by atoms with E-state index in [1.54, 1.807) is 25.1 Å². The van der Waals surface area contributed by atoms with Gasteiger partial charge in [0.05, 0.1) is 19.0 Å². The zero-order chi connectivity index (χ0) is 14.1. The Balaban J connectivity index is 1.95. The third kappa shape index (κ3) is 2.20. The fourth-order valence-electron chi connectivity index (χ4n) is 2.47. The second kappa shape index (κ2) is 5.29. The molecular formula is C12H16FN5O2. The number of aromatic nitrogens is 4. The van der Waals surface area contributed by atoms with Crippen molar-refractivity contribution in [1.82, 2.24) is 19.5 Å². The monoisotopic (exact) mass is 281 g/mol. The molecule has 0 spiro atoms. The highest BCUT2D eigenvalue weighted by atomic mass is 19.1. The Morgan fingerprint density at radius 3 is 3.10 bits per heavy atom. The Morgan fingerprint density at radius 1 is 1.50 bits per heavy atom. The molecule has 3 rings (SSSR count). The van der Waals surface area contributed by atoms with Crippen LogP contribution in [0, 0.1) is 6.08 Å². The molecule has 2 aromatic heterocycles. The van der Waals surface area contributed by atoms with Crippen molar-refractivity contribution in [3.63, 3.8) is 0 Å². The molecule has 1 saturated heterocycles. The predicted octanol–water partition coefficient (Wildman–Crippen LogP) is 1.33. The van der Waals surface area contributed by atoms with E-state index < -0.39 is 6.08 Å². The Kier molecular flexibility index (Phi) is 3.49. The number of halogens is 1. The van der Waals surface area contributed by atoms with E-state index in [1.807, 2.05) is 0 Å². The van der Waals surface area contributed by atoms with Crippen LogP contribution in [0.3, 0.4) is 0 Å². The smallest absolute Gasteiger partial charge is 0.312 e. The zero-order valence-corrected chi connectivity index (χ0v) is 11.3. The second-order valence-electron chi connectivity index (χ2n) is 4.66. The third-order valence-electron chi connectivity index (χ3n) is 3.38. The number of nitrogens with zero attached hydrogens (tertiary/aromatic N) is 4. The standard InChI is InChI=1S/C12H16FN5O2/c1-14-10-9-11(17-12(13)16-10)18(6-15-9)8-4-3-7(20-8)5-19-2/h6-8H,3-5H2,1-2H3,(H,14,16,17)/t7-,8-/m1/s1. The number of hydrogen-bond acceptors (Lipinski definition) is 6. The number of nitrogens with one attached hydrogen (secondary N) is 1. The van der Waals surface area contributed by atoms with E-state index in [1.165, 1.54) is 0 Å². The van der Waals surface area contributed by atoms with E-state index in [0.717, 1.165) is 12.8 Å². The molecule has 108 valence electrons. The van der Waals surface area contributed by atoms with Gasteiger partial charge in [0, 0.05) is 14.2 Å². The molecular weight excluding hydrogens is 265 g/mol. The van der Waals surface area contributed by atoms with Gasteiger partial charge in [0.25, 0.3) is 0 Å². The summed E-state index contributed by atoms with van der Waals surface area (Å²) in [5, 5.41) is 2.82. The summed E-state index contributed by atoms with van der Waals surface area (Å²) in [6.45, 7) is 0.550. The molecule has 20 heavy (non-hydrogen) atoms. The third-order valence-corrected chi connectivity index (χ3v) is 3.38. The van der Waals surface area contributed by atoms with Gasteiger partial charge < -0.3 is 14.8 Å². The highest BCUT2D eigenvalue weighted by molar-refractivity contribution is 5.82. The molecule has 1 aliphatic heterocycles. The summed E-state index contributed by atoms with van der Waals surface area (Å²) in [4.78, 5) is 11.8. The van der Waals surface area contributed by atoms with Gasteiger partial charge in [0.15, 0.2) is 17.0 Å². The molecule has 1 N–H and O–H groups in total. The van der Waals surface area contributed by atoms with Crippen LogP contribution in [0.25, 0.3) is 11.2 Å². The van der Waals surface area contributed by atoms with Crippen LogP contribution < -0.4 is 5.32 Å². The minimum Gasteiger partial charge on any atom is -0.382 e. The number of fused-ring (bicyclic) bond motifs is 1. The molecule has 0 aliphatic carbocycles. The maximum Gasteiger partial charge on any atom is 0.312 e. The first-order valence-electron chi connectivity index (χ1n) is 6.45. The van der Waals surface area contributed by atoms with Gasteiger partial charge >= 0.3 is 6.08 Å². The summed E-state index contributed by atoms with van der Waals surface area (Å²) in [6.07, 6.45) is 2.40. The van der Waals surface area contributed by atoms with Gasteiger partial charge in [-0.25, -0.2) is 4.98 Å². The van der Waals surface area contributed by atoms with Crippen LogP contribution in [-0.2, 0) is 9.47 Å². The van der Waals surface area contributed by atoms with Crippen molar-refractivity contribution in [1.29, 1.82) is 0 Å². The lowest BCUT2D eigenvalue weighted by Crippen LogP contribution is -2.15. The quantitative estimate of drug-likeness (QED) is 0.852. The maximum absolute atomic E-state index is 13.5. The molecule has 2 atom stereocenters. The van der Waals surface area contributed by atoms with E-state index in [2.05, 4.69) is 20.3 Å². The molecule has 0 amide bonds. The fourth-order valence-corrected chi connectivity index (χ4v) is 2.47. The van der Waals surface area contributed by atoms with Gasteiger partial charge in [-0.15, -0.1) is 0 Å². The van der Waals surface area contributed by atoms with Crippen LogP contribution in [0.4, 0.5) is 10.2 Å². The lowest BCUT2D eigenvalue weighted by atomic mass is 10.2. The van der Waals surface area contributed by atoms with Crippen LogP contribution in [-0.4, -0.2) is 46.4 Å². The largest absolute Gasteiger partial charge is 0.382 e. The number of anilines is 1. The second-order valence-corrected chi connectivity index (χ2v) is 4.66. The number of hydrogen-bond donors (Lipinski definition) is 1. The molecule has 1 fully saturated rings. The Morgan fingerprint density at radius 2 is 2.35 bits per heavy atom. The van der Waals surface area contributed by atoms with Gasteiger partial charge in [0.2, 0.25) is 0 Å². The highest BCUT2D eigenvalue weighted by Crippen LogP contribution is 2.31. The van der Waals surface area contributed by atoms with E-state index in [-0.39, 0.29) is 12.3 Å². The van der Waals surface area contributed by atoms with Gasteiger partial charge in [-0.3, -0.25) is 4.57 Å². The normalized spacial score (nSPS) is 22.6. The van der Waals surface area contributed by atoms with E-state index in [4.69, 9.17) is 9.47 Å². The SMILES string of the molecule is CNc1nc(F)nc2c1ncn2[C@H]1CC[C@H](COC)O1. The number of imidazole rings is 1. The molecule has 1 aliphatic rings. The summed E-state index contributed by atoms with van der Waals surface area (Å²) in [6, 6.07) is 0. The number of rotatable bonds is 4. The highest BCUT2D eigenvalue weighted by Gasteiger charge is 2.28. The van der Waals surface area contributed by atoms with E-state index >= 15 is 0 Å². The van der Waals surface area contributed by atoms with Gasteiger partial charge in [-0.2, -0.15) is 14.4 Å². The average Bonchev–Trinajstić information content (AvgIpc) is 3.04. The topological polar surface area (TPSA) is 74.1 Å². The molecule has 0 saturated carbocycles. The summed E-state index contributed by atoms with van der Waals surface area (Å²) in [5.74, 6) is 0.373. The lowest BCUT2D eigenvalue weighted by molar-refractivity contribution is -0.0301. The number of methoxy groups -OCH3 is 1. The van der Waals surface area contributed by atoms with Crippen LogP contribution in [0.5, 0.6) is 0 Å². The van der Waals surface area contributed by atoms with Crippen molar-refractivity contribution in [2.24, 2.45) is 0 Å². The van der Waals surface area contributed by atoms with Crippen LogP contribution in [0.15, 0.2) is 6.33 Å². The molecule has 0 radical (unpaired) electrons. The van der Waals surface area contributed by atoms with Crippen molar-refractivity contribution in [2.75, 3.05) is 26.1 Å². The number of ether oxygens (including phenoxy) is 2. The lowest BCUT2D eigenvalue weighted by Gasteiger charge is -2.14. The molecule has 2 aromatic rings. The van der Waals surface area contributed by atoms with Crippen LogP contribution >= 0.6 is 0 Å². The first-order valence-corrected chi connectivity index (χ1v) is 6.45. The molecule has 0 bridgehead atoms. The van der Waals surface area contributed by atoms with Crippen molar-refractivity contribution >= 4 is 17.0 Å². The Hall–Kier alpha value is -1.80. The average molecular weight is 281 g/mol. The van der Waals surface area contributed by atoms with Crippen molar-refractivity contribution in [2.45, 2.75) is 25.2 Å². The van der Waals surface area contributed by atoms with Crippen molar-refractivity contribution in [3.8, 4) is 0 Å². The minimum atomic E-state index is -0.782. The van der Waals surface area contributed by atoms with Crippen LogP contribution in [0.1, 0.15) is 19.1 Å². The first kappa shape index (κ1) is 13.2.